The third kappa shape index (κ3) is 6.15. The molecule has 3 aliphatic rings. The molecular weight excluding hydrogens is 564 g/mol. The van der Waals surface area contributed by atoms with Crippen molar-refractivity contribution in [3.63, 3.8) is 0 Å². The number of rotatable bonds is 8. The zero-order valence-electron chi connectivity index (χ0n) is 30.3. The zero-order valence-corrected chi connectivity index (χ0v) is 32.1. The van der Waals surface area contributed by atoms with Crippen molar-refractivity contribution in [2.24, 2.45) is 5.92 Å². The van der Waals surface area contributed by atoms with Crippen molar-refractivity contribution < 1.29 is 0 Å². The number of hydrogen-bond donors (Lipinski definition) is 0. The van der Waals surface area contributed by atoms with Gasteiger partial charge in [-0.15, -0.1) is 0 Å². The summed E-state index contributed by atoms with van der Waals surface area (Å²) in [6.45, 7) is 34.0. The first kappa shape index (κ1) is 37.4. The van der Waals surface area contributed by atoms with Gasteiger partial charge in [0, 0.05) is 33.8 Å². The van der Waals surface area contributed by atoms with Crippen LogP contribution in [0.4, 0.5) is 0 Å². The zero-order chi connectivity index (χ0) is 30.9. The summed E-state index contributed by atoms with van der Waals surface area (Å²) < 4.78 is 0. The van der Waals surface area contributed by atoms with Crippen molar-refractivity contribution in [1.82, 2.24) is 0 Å². The highest BCUT2D eigenvalue weighted by Gasteiger charge is 2.60. The van der Waals surface area contributed by atoms with Crippen LogP contribution >= 0.6 is 15.8 Å². The molecule has 5 rings (SSSR count). The van der Waals surface area contributed by atoms with Crippen molar-refractivity contribution in [2.45, 2.75) is 149 Å². The second-order valence-electron chi connectivity index (χ2n) is 15.6. The van der Waals surface area contributed by atoms with Crippen LogP contribution in [0.1, 0.15) is 166 Å². The molecule has 0 spiro atoms. The highest BCUT2D eigenvalue weighted by molar-refractivity contribution is 7.74. The Morgan fingerprint density at radius 1 is 0.523 bits per heavy atom. The lowest BCUT2D eigenvalue weighted by Gasteiger charge is -2.33. The molecule has 2 aromatic rings. The first-order chi connectivity index (χ1) is 19.6. The molecule has 3 heterocycles. The third-order valence-corrected chi connectivity index (χ3v) is 17.2. The SMILES string of the molecule is CC1=CP(c2c(C(C)C)cc(C(C)C)cc2C(C)C)[C@H]2[C@@H]1[C@H]1C(C)=C[C@@H]2[P@]1c1c(C(C)C)cc(C(C)C)cc1C(C)C.[B].[B]. The first-order valence-electron chi connectivity index (χ1n) is 16.9. The van der Waals surface area contributed by atoms with Gasteiger partial charge in [0.1, 0.15) is 0 Å². The van der Waals surface area contributed by atoms with Gasteiger partial charge in [-0.05, 0) is 107 Å². The summed E-state index contributed by atoms with van der Waals surface area (Å²) in [7, 11) is -0.655. The van der Waals surface area contributed by atoms with Crippen LogP contribution < -0.4 is 10.6 Å². The number of allylic oxidation sites excluding steroid dienone is 3. The Kier molecular flexibility index (Phi) is 11.8. The van der Waals surface area contributed by atoms with Gasteiger partial charge in [0.15, 0.2) is 0 Å². The Bertz CT molecular complexity index is 1350. The molecule has 6 atom stereocenters. The largest absolute Gasteiger partial charge is 0.0765 e. The molecular formula is C40H58B2P2. The Labute approximate surface area is 278 Å². The molecule has 2 aromatic carbocycles. The molecule has 3 aliphatic heterocycles. The Balaban J connectivity index is 0.00000264. The summed E-state index contributed by atoms with van der Waals surface area (Å²) in [5.41, 5.74) is 15.2. The summed E-state index contributed by atoms with van der Waals surface area (Å²) in [5, 5.41) is 3.55. The summed E-state index contributed by atoms with van der Waals surface area (Å²) in [6.07, 6.45) is 2.79. The van der Waals surface area contributed by atoms with E-state index in [0.29, 0.717) is 52.7 Å². The number of benzene rings is 2. The van der Waals surface area contributed by atoms with E-state index in [-0.39, 0.29) is 32.7 Å². The van der Waals surface area contributed by atoms with E-state index in [4.69, 9.17) is 0 Å². The standard InChI is InChI=1S/C40H58P2.2B/c1-21(2)29-16-31(23(5)6)38(32(17-29)24(7)8)41-20-28(14)36-37-27(13)15-35(40(36)41)42(37)39-33(25(9)10)18-30(22(3)4)19-34(39)26(11)12;;/h15-26,35-37,40H,1-14H3;;/t35-,36-,37+,40+,41?,42-;;/m0../s1. The molecule has 0 saturated carbocycles. The van der Waals surface area contributed by atoms with Gasteiger partial charge < -0.3 is 0 Å². The van der Waals surface area contributed by atoms with E-state index in [1.54, 1.807) is 44.0 Å². The van der Waals surface area contributed by atoms with Gasteiger partial charge in [0.25, 0.3) is 0 Å². The van der Waals surface area contributed by atoms with E-state index < -0.39 is 0 Å². The maximum absolute atomic E-state index is 2.81. The topological polar surface area (TPSA) is 0 Å². The van der Waals surface area contributed by atoms with Crippen molar-refractivity contribution in [3.05, 3.63) is 80.7 Å². The second kappa shape index (κ2) is 13.9. The predicted molar refractivity (Wildman–Crippen MR) is 204 cm³/mol. The predicted octanol–water partition coefficient (Wildman–Crippen LogP) is 11.2. The molecule has 1 saturated heterocycles. The molecule has 234 valence electrons. The minimum Gasteiger partial charge on any atom is -0.0765 e. The van der Waals surface area contributed by atoms with Gasteiger partial charge >= 0.3 is 0 Å². The van der Waals surface area contributed by atoms with E-state index in [1.165, 1.54) is 11.1 Å². The lowest BCUT2D eigenvalue weighted by Crippen LogP contribution is -2.31. The van der Waals surface area contributed by atoms with E-state index in [2.05, 4.69) is 133 Å². The average Bonchev–Trinajstić information content (AvgIpc) is 3.53. The van der Waals surface area contributed by atoms with Crippen LogP contribution in [0, 0.1) is 5.92 Å². The lowest BCUT2D eigenvalue weighted by atomic mass is 9.85. The van der Waals surface area contributed by atoms with Gasteiger partial charge in [-0.25, -0.2) is 0 Å². The maximum Gasteiger partial charge on any atom is 0.0116 e. The van der Waals surface area contributed by atoms with E-state index in [9.17, 15) is 0 Å². The molecule has 2 bridgehead atoms. The molecule has 0 aromatic heterocycles. The highest BCUT2D eigenvalue weighted by Crippen LogP contribution is 2.76. The number of fused-ring (bicyclic) bond motifs is 5. The van der Waals surface area contributed by atoms with Crippen LogP contribution in [0.15, 0.2) is 47.3 Å². The van der Waals surface area contributed by atoms with Gasteiger partial charge in [0.2, 0.25) is 0 Å². The minimum atomic E-state index is -0.366. The van der Waals surface area contributed by atoms with Gasteiger partial charge in [-0.1, -0.05) is 138 Å². The van der Waals surface area contributed by atoms with E-state index in [1.807, 2.05) is 0 Å². The Morgan fingerprint density at radius 3 is 1.27 bits per heavy atom. The van der Waals surface area contributed by atoms with Gasteiger partial charge in [0.05, 0.1) is 0 Å². The van der Waals surface area contributed by atoms with Gasteiger partial charge in [-0.2, -0.15) is 0 Å². The minimum absolute atomic E-state index is 0. The monoisotopic (exact) mass is 622 g/mol. The summed E-state index contributed by atoms with van der Waals surface area (Å²) >= 11 is 0. The van der Waals surface area contributed by atoms with Crippen LogP contribution in [0.5, 0.6) is 0 Å². The molecule has 1 fully saturated rings. The fourth-order valence-corrected chi connectivity index (χ4v) is 17.2. The third-order valence-electron chi connectivity index (χ3n) is 10.5. The van der Waals surface area contributed by atoms with Crippen molar-refractivity contribution in [1.29, 1.82) is 0 Å². The molecule has 4 heteroatoms. The molecule has 6 radical (unpaired) electrons. The maximum atomic E-state index is 2.81. The Morgan fingerprint density at radius 2 is 0.909 bits per heavy atom. The summed E-state index contributed by atoms with van der Waals surface area (Å²) in [4.78, 5) is 0. The Hall–Kier alpha value is -1.09. The van der Waals surface area contributed by atoms with E-state index in [0.717, 1.165) is 5.66 Å². The van der Waals surface area contributed by atoms with Crippen molar-refractivity contribution in [3.8, 4) is 0 Å². The molecule has 44 heavy (non-hydrogen) atoms. The van der Waals surface area contributed by atoms with Crippen LogP contribution in [0.3, 0.4) is 0 Å². The normalized spacial score (nSPS) is 25.7. The smallest absolute Gasteiger partial charge is 0.0116 e. The lowest BCUT2D eigenvalue weighted by molar-refractivity contribution is 0.611. The summed E-state index contributed by atoms with van der Waals surface area (Å²) in [6, 6.07) is 10.4. The molecule has 0 nitrogen and oxygen atoms in total. The van der Waals surface area contributed by atoms with Crippen molar-refractivity contribution in [2.75, 3.05) is 0 Å². The average molecular weight is 622 g/mol. The number of hydrogen-bond acceptors (Lipinski definition) is 0. The van der Waals surface area contributed by atoms with Crippen LogP contribution in [0.2, 0.25) is 0 Å². The van der Waals surface area contributed by atoms with Crippen LogP contribution in [-0.2, 0) is 0 Å². The first-order valence-corrected chi connectivity index (χ1v) is 19.9. The molecule has 0 amide bonds. The second-order valence-corrected chi connectivity index (χ2v) is 20.1. The van der Waals surface area contributed by atoms with E-state index >= 15 is 0 Å². The molecule has 0 aliphatic carbocycles. The fourth-order valence-electron chi connectivity index (χ4n) is 8.15. The quantitative estimate of drug-likeness (QED) is 0.156. The fraction of sp³-hybridized carbons (Fsp3) is 0.600. The van der Waals surface area contributed by atoms with Gasteiger partial charge in [-0.3, -0.25) is 0 Å². The molecule has 1 unspecified atom stereocenters. The van der Waals surface area contributed by atoms with Crippen LogP contribution in [-0.4, -0.2) is 33.8 Å². The summed E-state index contributed by atoms with van der Waals surface area (Å²) in [5.74, 6) is 6.86. The molecule has 0 N–H and O–H groups in total. The van der Waals surface area contributed by atoms with Crippen LogP contribution in [0.25, 0.3) is 0 Å². The highest BCUT2D eigenvalue weighted by atomic mass is 31.1. The van der Waals surface area contributed by atoms with Crippen molar-refractivity contribution >= 4 is 43.3 Å².